The largest absolute Gasteiger partial charge is 0.481 e. The molecule has 0 spiro atoms. The van der Waals surface area contributed by atoms with Gasteiger partial charge in [-0.15, -0.1) is 0 Å². The number of β-amino-alcohol motifs (C(OH)–C–C–N with tert-alkyl or cyclic N) is 1. The lowest BCUT2D eigenvalue weighted by Crippen LogP contribution is -2.43. The van der Waals surface area contributed by atoms with Crippen molar-refractivity contribution >= 4 is 5.97 Å². The molecular weight excluding hydrogens is 390 g/mol. The van der Waals surface area contributed by atoms with Crippen LogP contribution in [0.25, 0.3) is 5.82 Å². The van der Waals surface area contributed by atoms with Crippen LogP contribution >= 0.6 is 0 Å². The van der Waals surface area contributed by atoms with Crippen LogP contribution in [0.15, 0.2) is 54.7 Å². The average molecular weight is 422 g/mol. The third-order valence-corrected chi connectivity index (χ3v) is 5.42. The van der Waals surface area contributed by atoms with Crippen LogP contribution in [0.4, 0.5) is 0 Å². The van der Waals surface area contributed by atoms with E-state index < -0.39 is 12.1 Å². The standard InChI is InChI=1S/C25H31N3O3/c1-17-8-9-18(2)28(17)23-11-10-21(15-26-23)22(29)16-27-25(3,4)14-20-7-5-6-19(12-20)13-24(30)31/h5-12,15,22,27,29H,13-14,16H2,1-4H3,(H,30,31)/t22-/m0/s1. The molecule has 31 heavy (non-hydrogen) atoms. The van der Waals surface area contributed by atoms with Gasteiger partial charge in [0.15, 0.2) is 0 Å². The number of aliphatic carboxylic acids is 1. The normalized spacial score (nSPS) is 12.7. The molecule has 164 valence electrons. The molecule has 3 N–H and O–H groups in total. The summed E-state index contributed by atoms with van der Waals surface area (Å²) in [6, 6.07) is 15.6. The molecule has 0 saturated heterocycles. The van der Waals surface area contributed by atoms with Gasteiger partial charge in [0.1, 0.15) is 5.82 Å². The number of hydrogen-bond acceptors (Lipinski definition) is 4. The summed E-state index contributed by atoms with van der Waals surface area (Å²) in [5.74, 6) is 0.00450. The molecule has 0 unspecified atom stereocenters. The van der Waals surface area contributed by atoms with Crippen molar-refractivity contribution in [3.05, 3.63) is 82.8 Å². The number of aliphatic hydroxyl groups excluding tert-OH is 1. The number of hydrogen-bond donors (Lipinski definition) is 3. The van der Waals surface area contributed by atoms with Crippen LogP contribution < -0.4 is 5.32 Å². The minimum atomic E-state index is -0.834. The van der Waals surface area contributed by atoms with E-state index >= 15 is 0 Å². The topological polar surface area (TPSA) is 87.4 Å². The molecule has 0 saturated carbocycles. The third-order valence-electron chi connectivity index (χ3n) is 5.42. The van der Waals surface area contributed by atoms with E-state index in [9.17, 15) is 9.90 Å². The fourth-order valence-electron chi connectivity index (χ4n) is 3.84. The van der Waals surface area contributed by atoms with Gasteiger partial charge in [-0.3, -0.25) is 4.79 Å². The van der Waals surface area contributed by atoms with Crippen LogP contribution in [0.2, 0.25) is 0 Å². The molecule has 2 aromatic heterocycles. The lowest BCUT2D eigenvalue weighted by atomic mass is 9.93. The van der Waals surface area contributed by atoms with E-state index in [0.29, 0.717) is 6.54 Å². The Bertz CT molecular complexity index is 1020. The van der Waals surface area contributed by atoms with Gasteiger partial charge in [0.2, 0.25) is 0 Å². The number of rotatable bonds is 9. The monoisotopic (exact) mass is 421 g/mol. The third kappa shape index (κ3) is 6.03. The molecule has 0 radical (unpaired) electrons. The number of pyridine rings is 1. The van der Waals surface area contributed by atoms with E-state index in [0.717, 1.165) is 40.3 Å². The van der Waals surface area contributed by atoms with E-state index in [1.54, 1.807) is 6.20 Å². The Labute approximate surface area is 183 Å². The molecule has 0 amide bonds. The maximum Gasteiger partial charge on any atom is 0.307 e. The molecule has 3 aromatic rings. The summed E-state index contributed by atoms with van der Waals surface area (Å²) in [5, 5.41) is 23.1. The summed E-state index contributed by atoms with van der Waals surface area (Å²) in [6.45, 7) is 8.62. The molecule has 0 aliphatic heterocycles. The summed E-state index contributed by atoms with van der Waals surface area (Å²) in [5.41, 5.74) is 4.59. The Morgan fingerprint density at radius 3 is 2.39 bits per heavy atom. The SMILES string of the molecule is Cc1ccc(C)n1-c1ccc([C@@H](O)CNC(C)(C)Cc2cccc(CC(=O)O)c2)cn1. The van der Waals surface area contributed by atoms with Crippen molar-refractivity contribution in [2.75, 3.05) is 6.54 Å². The first-order valence-corrected chi connectivity index (χ1v) is 10.5. The van der Waals surface area contributed by atoms with Crippen LogP contribution in [0.1, 0.15) is 48.0 Å². The van der Waals surface area contributed by atoms with Crippen molar-refractivity contribution in [2.45, 2.75) is 52.2 Å². The van der Waals surface area contributed by atoms with E-state index in [1.807, 2.05) is 50.2 Å². The molecule has 3 rings (SSSR count). The van der Waals surface area contributed by atoms with Gasteiger partial charge in [0.05, 0.1) is 12.5 Å². The molecule has 0 aliphatic carbocycles. The Morgan fingerprint density at radius 2 is 1.77 bits per heavy atom. The first-order valence-electron chi connectivity index (χ1n) is 10.5. The van der Waals surface area contributed by atoms with Crippen molar-refractivity contribution in [1.29, 1.82) is 0 Å². The number of nitrogens with zero attached hydrogens (tertiary/aromatic N) is 2. The van der Waals surface area contributed by atoms with E-state index in [2.05, 4.69) is 40.8 Å². The van der Waals surface area contributed by atoms with Gasteiger partial charge >= 0.3 is 5.97 Å². The molecule has 0 fully saturated rings. The highest BCUT2D eigenvalue weighted by molar-refractivity contribution is 5.70. The molecule has 0 bridgehead atoms. The smallest absolute Gasteiger partial charge is 0.307 e. The van der Waals surface area contributed by atoms with Gasteiger partial charge in [-0.25, -0.2) is 4.98 Å². The van der Waals surface area contributed by atoms with Crippen molar-refractivity contribution in [1.82, 2.24) is 14.9 Å². The first kappa shape index (κ1) is 22.7. The van der Waals surface area contributed by atoms with Crippen molar-refractivity contribution in [2.24, 2.45) is 0 Å². The van der Waals surface area contributed by atoms with E-state index in [4.69, 9.17) is 5.11 Å². The Hall–Kier alpha value is -2.96. The highest BCUT2D eigenvalue weighted by Crippen LogP contribution is 2.19. The number of carboxylic acid groups (broad SMARTS) is 1. The minimum Gasteiger partial charge on any atom is -0.481 e. The summed E-state index contributed by atoms with van der Waals surface area (Å²) >= 11 is 0. The number of carbonyl (C=O) groups is 1. The van der Waals surface area contributed by atoms with Crippen molar-refractivity contribution in [3.8, 4) is 5.82 Å². The van der Waals surface area contributed by atoms with Gasteiger partial charge in [-0.1, -0.05) is 30.3 Å². The quantitative estimate of drug-likeness (QED) is 0.490. The Balaban J connectivity index is 1.60. The maximum absolute atomic E-state index is 11.0. The number of nitrogens with one attached hydrogen (secondary N) is 1. The highest BCUT2D eigenvalue weighted by atomic mass is 16.4. The number of aromatic nitrogens is 2. The molecule has 1 aromatic carbocycles. The second-order valence-corrected chi connectivity index (χ2v) is 8.75. The highest BCUT2D eigenvalue weighted by Gasteiger charge is 2.20. The molecule has 0 aliphatic rings. The molecule has 6 nitrogen and oxygen atoms in total. The summed E-state index contributed by atoms with van der Waals surface area (Å²) in [7, 11) is 0. The van der Waals surface area contributed by atoms with Gasteiger partial charge < -0.3 is 20.1 Å². The predicted molar refractivity (Wildman–Crippen MR) is 122 cm³/mol. The fourth-order valence-corrected chi connectivity index (χ4v) is 3.84. The van der Waals surface area contributed by atoms with Crippen molar-refractivity contribution in [3.63, 3.8) is 0 Å². The Morgan fingerprint density at radius 1 is 1.10 bits per heavy atom. The molecule has 2 heterocycles. The maximum atomic E-state index is 11.0. The van der Waals surface area contributed by atoms with E-state index in [-0.39, 0.29) is 12.0 Å². The van der Waals surface area contributed by atoms with E-state index in [1.165, 1.54) is 0 Å². The van der Waals surface area contributed by atoms with Crippen molar-refractivity contribution < 1.29 is 15.0 Å². The van der Waals surface area contributed by atoms with Gasteiger partial charge in [-0.2, -0.15) is 0 Å². The van der Waals surface area contributed by atoms with Crippen LogP contribution in [-0.4, -0.2) is 37.8 Å². The number of benzene rings is 1. The zero-order valence-electron chi connectivity index (χ0n) is 18.6. The van der Waals surface area contributed by atoms with Crippen LogP contribution in [-0.2, 0) is 17.6 Å². The predicted octanol–water partition coefficient (Wildman–Crippen LogP) is 3.76. The molecule has 6 heteroatoms. The second kappa shape index (κ2) is 9.45. The zero-order chi connectivity index (χ0) is 22.6. The number of carboxylic acids is 1. The van der Waals surface area contributed by atoms with Gasteiger partial charge in [0.25, 0.3) is 0 Å². The average Bonchev–Trinajstić information content (AvgIpc) is 3.04. The van der Waals surface area contributed by atoms with Crippen LogP contribution in [0.3, 0.4) is 0 Å². The Kier molecular flexibility index (Phi) is 6.93. The lowest BCUT2D eigenvalue weighted by molar-refractivity contribution is -0.136. The fraction of sp³-hybridized carbons (Fsp3) is 0.360. The first-order chi connectivity index (χ1) is 14.6. The minimum absolute atomic E-state index is 0.0193. The number of aryl methyl sites for hydroxylation is 2. The molecule has 1 atom stereocenters. The summed E-state index contributed by atoms with van der Waals surface area (Å²) in [6.07, 6.45) is 1.79. The van der Waals surface area contributed by atoms with Crippen LogP contribution in [0.5, 0.6) is 0 Å². The summed E-state index contributed by atoms with van der Waals surface area (Å²) in [4.78, 5) is 15.5. The van der Waals surface area contributed by atoms with Gasteiger partial charge in [-0.05, 0) is 63.4 Å². The lowest BCUT2D eigenvalue weighted by Gasteiger charge is -2.28. The summed E-state index contributed by atoms with van der Waals surface area (Å²) < 4.78 is 2.08. The number of aliphatic hydroxyl groups is 1. The van der Waals surface area contributed by atoms with Crippen LogP contribution in [0, 0.1) is 13.8 Å². The molecular formula is C25H31N3O3. The zero-order valence-corrected chi connectivity index (χ0v) is 18.6. The second-order valence-electron chi connectivity index (χ2n) is 8.75. The van der Waals surface area contributed by atoms with Gasteiger partial charge in [0, 0.05) is 35.2 Å².